The summed E-state index contributed by atoms with van der Waals surface area (Å²) in [6.45, 7) is 1.18. The van der Waals surface area contributed by atoms with Gasteiger partial charge in [0.2, 0.25) is 0 Å². The van der Waals surface area contributed by atoms with Gasteiger partial charge in [0, 0.05) is 25.9 Å². The minimum Gasteiger partial charge on any atom is -0.350 e. The van der Waals surface area contributed by atoms with E-state index in [1.165, 1.54) is 24.4 Å². The van der Waals surface area contributed by atoms with Gasteiger partial charge in [-0.3, -0.25) is 4.79 Å². The average Bonchev–Trinajstić information content (AvgIpc) is 3.29. The normalized spacial score (nSPS) is 14.2. The van der Waals surface area contributed by atoms with Crippen molar-refractivity contribution in [1.29, 1.82) is 0 Å². The van der Waals surface area contributed by atoms with Crippen LogP contribution in [0.4, 0.5) is 13.2 Å². The summed E-state index contributed by atoms with van der Waals surface area (Å²) in [5.41, 5.74) is -1.11. The first-order chi connectivity index (χ1) is 14.4. The summed E-state index contributed by atoms with van der Waals surface area (Å²) in [6, 6.07) is 4.99. The number of benzene rings is 1. The van der Waals surface area contributed by atoms with Crippen LogP contribution in [-0.4, -0.2) is 42.2 Å². The van der Waals surface area contributed by atoms with Crippen molar-refractivity contribution in [1.82, 2.24) is 35.1 Å². The maximum atomic E-state index is 13.2. The van der Waals surface area contributed by atoms with E-state index in [0.717, 1.165) is 54.6 Å². The van der Waals surface area contributed by atoms with E-state index in [2.05, 4.69) is 30.4 Å². The van der Waals surface area contributed by atoms with Crippen molar-refractivity contribution in [3.63, 3.8) is 0 Å². The molecule has 1 aliphatic rings. The highest BCUT2D eigenvalue weighted by Crippen LogP contribution is 2.33. The molecule has 30 heavy (non-hydrogen) atoms. The molecule has 0 saturated carbocycles. The smallest absolute Gasteiger partial charge is 0.350 e. The van der Waals surface area contributed by atoms with E-state index in [0.29, 0.717) is 13.0 Å². The zero-order valence-corrected chi connectivity index (χ0v) is 16.1. The van der Waals surface area contributed by atoms with Gasteiger partial charge < -0.3 is 9.88 Å². The molecule has 3 aromatic rings. The van der Waals surface area contributed by atoms with Crippen LogP contribution in [0.5, 0.6) is 0 Å². The molecule has 11 heteroatoms. The van der Waals surface area contributed by atoms with Crippen molar-refractivity contribution in [2.45, 2.75) is 44.8 Å². The molecule has 1 aromatic carbocycles. The second kappa shape index (κ2) is 8.25. The topological polar surface area (TPSA) is 90.5 Å². The molecule has 4 rings (SSSR count). The molecule has 2 aromatic heterocycles. The highest BCUT2D eigenvalue weighted by Gasteiger charge is 2.34. The van der Waals surface area contributed by atoms with Crippen LogP contribution < -0.4 is 5.32 Å². The maximum Gasteiger partial charge on any atom is 0.418 e. The molecule has 0 radical (unpaired) electrons. The minimum absolute atomic E-state index is 0.0629. The van der Waals surface area contributed by atoms with Crippen LogP contribution in [0.3, 0.4) is 0 Å². The predicted octanol–water partition coefficient (Wildman–Crippen LogP) is 2.58. The number of amides is 1. The number of hydrogen-bond acceptors (Lipinski definition) is 5. The Labute approximate surface area is 170 Å². The first-order valence-electron chi connectivity index (χ1n) is 9.71. The Hall–Kier alpha value is -3.24. The van der Waals surface area contributed by atoms with E-state index in [4.69, 9.17) is 0 Å². The predicted molar refractivity (Wildman–Crippen MR) is 100.0 cm³/mol. The zero-order valence-electron chi connectivity index (χ0n) is 16.1. The van der Waals surface area contributed by atoms with Crippen molar-refractivity contribution in [3.05, 3.63) is 53.4 Å². The standard InChI is InChI=1S/C19H20F3N7O/c20-19(21,22)13-6-3-4-7-15(13)29-12-14(24-27-29)18(30)23-10-9-17-26-25-16-8-2-1-5-11-28(16)17/h3-4,6-7,12H,1-2,5,8-11H2,(H,23,30). The fourth-order valence-corrected chi connectivity index (χ4v) is 3.51. The van der Waals surface area contributed by atoms with Gasteiger partial charge in [0.1, 0.15) is 11.6 Å². The second-order valence-electron chi connectivity index (χ2n) is 7.06. The largest absolute Gasteiger partial charge is 0.418 e. The molecule has 0 unspecified atom stereocenters. The van der Waals surface area contributed by atoms with E-state index in [9.17, 15) is 18.0 Å². The highest BCUT2D eigenvalue weighted by molar-refractivity contribution is 5.91. The SMILES string of the molecule is O=C(NCCc1nnc2n1CCCCC2)c1cn(-c2ccccc2C(F)(F)F)nn1. The van der Waals surface area contributed by atoms with Gasteiger partial charge in [-0.1, -0.05) is 23.8 Å². The molecule has 0 fully saturated rings. The van der Waals surface area contributed by atoms with Gasteiger partial charge in [-0.25, -0.2) is 4.68 Å². The van der Waals surface area contributed by atoms with Crippen LogP contribution in [-0.2, 0) is 25.6 Å². The second-order valence-corrected chi connectivity index (χ2v) is 7.06. The molecular formula is C19H20F3N7O. The van der Waals surface area contributed by atoms with Crippen LogP contribution in [0.1, 0.15) is 47.0 Å². The third-order valence-corrected chi connectivity index (χ3v) is 5.00. The molecule has 1 aliphatic heterocycles. The number of aromatic nitrogens is 6. The molecule has 1 N–H and O–H groups in total. The van der Waals surface area contributed by atoms with Crippen LogP contribution in [0.2, 0.25) is 0 Å². The molecule has 0 aliphatic carbocycles. The maximum absolute atomic E-state index is 13.2. The van der Waals surface area contributed by atoms with Crippen LogP contribution in [0, 0.1) is 0 Å². The Morgan fingerprint density at radius 2 is 1.93 bits per heavy atom. The van der Waals surface area contributed by atoms with Gasteiger partial charge in [-0.2, -0.15) is 13.2 Å². The van der Waals surface area contributed by atoms with Gasteiger partial charge in [-0.05, 0) is 25.0 Å². The van der Waals surface area contributed by atoms with E-state index in [1.807, 2.05) is 0 Å². The molecule has 3 heterocycles. The monoisotopic (exact) mass is 419 g/mol. The molecule has 8 nitrogen and oxygen atoms in total. The Bertz CT molecular complexity index is 1040. The number of aryl methyl sites for hydroxylation is 1. The summed E-state index contributed by atoms with van der Waals surface area (Å²) in [7, 11) is 0. The lowest BCUT2D eigenvalue weighted by atomic mass is 10.1. The molecule has 0 atom stereocenters. The van der Waals surface area contributed by atoms with E-state index in [1.54, 1.807) is 0 Å². The quantitative estimate of drug-likeness (QED) is 0.687. The summed E-state index contributed by atoms with van der Waals surface area (Å²) in [5, 5.41) is 18.5. The minimum atomic E-state index is -4.54. The Balaban J connectivity index is 1.41. The van der Waals surface area contributed by atoms with Crippen molar-refractivity contribution in [2.75, 3.05) is 6.54 Å². The number of rotatable bonds is 5. The van der Waals surface area contributed by atoms with E-state index >= 15 is 0 Å². The fraction of sp³-hybridized carbons (Fsp3) is 0.421. The lowest BCUT2D eigenvalue weighted by molar-refractivity contribution is -0.137. The number of carbonyl (C=O) groups is 1. The fourth-order valence-electron chi connectivity index (χ4n) is 3.51. The van der Waals surface area contributed by atoms with E-state index in [-0.39, 0.29) is 11.4 Å². The molecular weight excluding hydrogens is 399 g/mol. The zero-order chi connectivity index (χ0) is 21.1. The Morgan fingerprint density at radius 1 is 1.10 bits per heavy atom. The molecule has 0 spiro atoms. The van der Waals surface area contributed by atoms with Gasteiger partial charge in [-0.15, -0.1) is 15.3 Å². The first-order valence-corrected chi connectivity index (χ1v) is 9.71. The van der Waals surface area contributed by atoms with Crippen molar-refractivity contribution >= 4 is 5.91 Å². The number of fused-ring (bicyclic) bond motifs is 1. The van der Waals surface area contributed by atoms with Crippen molar-refractivity contribution in [2.24, 2.45) is 0 Å². The Kier molecular flexibility index (Phi) is 5.51. The van der Waals surface area contributed by atoms with Gasteiger partial charge >= 0.3 is 6.18 Å². The van der Waals surface area contributed by atoms with Gasteiger partial charge in [0.15, 0.2) is 5.69 Å². The van der Waals surface area contributed by atoms with Crippen molar-refractivity contribution in [3.8, 4) is 5.69 Å². The number of nitrogens with zero attached hydrogens (tertiary/aromatic N) is 6. The van der Waals surface area contributed by atoms with E-state index < -0.39 is 17.6 Å². The molecule has 1 amide bonds. The Morgan fingerprint density at radius 3 is 2.77 bits per heavy atom. The third-order valence-electron chi connectivity index (χ3n) is 5.00. The first kappa shape index (κ1) is 20.0. The van der Waals surface area contributed by atoms with Crippen LogP contribution in [0.15, 0.2) is 30.5 Å². The van der Waals surface area contributed by atoms with Gasteiger partial charge in [0.05, 0.1) is 17.4 Å². The number of para-hydroxylation sites is 1. The number of alkyl halides is 3. The van der Waals surface area contributed by atoms with Crippen LogP contribution >= 0.6 is 0 Å². The van der Waals surface area contributed by atoms with Crippen LogP contribution in [0.25, 0.3) is 5.69 Å². The number of carbonyl (C=O) groups excluding carboxylic acids is 1. The molecule has 158 valence electrons. The summed E-state index contributed by atoms with van der Waals surface area (Å²) in [4.78, 5) is 12.4. The number of halogens is 3. The van der Waals surface area contributed by atoms with Crippen molar-refractivity contribution < 1.29 is 18.0 Å². The molecule has 0 saturated heterocycles. The number of nitrogens with one attached hydrogen (secondary N) is 1. The summed E-state index contributed by atoms with van der Waals surface area (Å²) in [5.74, 6) is 1.27. The number of hydrogen-bond donors (Lipinski definition) is 1. The summed E-state index contributed by atoms with van der Waals surface area (Å²) in [6.07, 6.45) is 1.39. The summed E-state index contributed by atoms with van der Waals surface area (Å²) >= 11 is 0. The highest BCUT2D eigenvalue weighted by atomic mass is 19.4. The average molecular weight is 419 g/mol. The lowest BCUT2D eigenvalue weighted by Crippen LogP contribution is -2.27. The molecule has 0 bridgehead atoms. The van der Waals surface area contributed by atoms with Gasteiger partial charge in [0.25, 0.3) is 5.91 Å². The lowest BCUT2D eigenvalue weighted by Gasteiger charge is -2.11. The summed E-state index contributed by atoms with van der Waals surface area (Å²) < 4.78 is 42.6. The third kappa shape index (κ3) is 4.19.